The maximum atomic E-state index is 11.5. The molecular weight excluding hydrogens is 154 g/mol. The topological polar surface area (TPSA) is 37.4 Å². The predicted molar refractivity (Wildman–Crippen MR) is 45.8 cm³/mol. The van der Waals surface area contributed by atoms with Crippen LogP contribution in [-0.2, 0) is 9.59 Å². The molecule has 0 radical (unpaired) electrons. The van der Waals surface area contributed by atoms with Crippen molar-refractivity contribution >= 4 is 11.6 Å². The molecule has 2 atom stereocenters. The molecule has 68 valence electrons. The molecule has 0 aromatic rings. The first-order valence-corrected chi connectivity index (χ1v) is 4.25. The molecule has 1 aliphatic heterocycles. The third-order valence-corrected chi connectivity index (χ3v) is 2.40. The van der Waals surface area contributed by atoms with Crippen molar-refractivity contribution in [1.29, 1.82) is 0 Å². The molecule has 2 unspecified atom stereocenters. The summed E-state index contributed by atoms with van der Waals surface area (Å²) in [7, 11) is 1.94. The van der Waals surface area contributed by atoms with Gasteiger partial charge in [-0.05, 0) is 14.0 Å². The second-order valence-corrected chi connectivity index (χ2v) is 3.69. The van der Waals surface area contributed by atoms with E-state index in [0.29, 0.717) is 6.54 Å². The van der Waals surface area contributed by atoms with Crippen molar-refractivity contribution in [2.45, 2.75) is 13.8 Å². The van der Waals surface area contributed by atoms with Gasteiger partial charge in [-0.3, -0.25) is 9.59 Å². The van der Waals surface area contributed by atoms with Gasteiger partial charge in [-0.25, -0.2) is 0 Å². The number of ketones is 2. The van der Waals surface area contributed by atoms with Crippen molar-refractivity contribution < 1.29 is 9.59 Å². The fraction of sp³-hybridized carbons (Fsp3) is 0.778. The van der Waals surface area contributed by atoms with Crippen LogP contribution in [0, 0.1) is 11.8 Å². The number of nitrogens with zero attached hydrogens (tertiary/aromatic N) is 1. The van der Waals surface area contributed by atoms with E-state index in [0.717, 1.165) is 6.54 Å². The highest BCUT2D eigenvalue weighted by Crippen LogP contribution is 2.17. The summed E-state index contributed by atoms with van der Waals surface area (Å²) in [5.74, 6) is -0.254. The molecule has 0 aromatic carbocycles. The minimum absolute atomic E-state index is 0.00148. The average molecular weight is 169 g/mol. The van der Waals surface area contributed by atoms with Crippen molar-refractivity contribution in [1.82, 2.24) is 4.90 Å². The Balaban J connectivity index is 2.73. The first-order chi connectivity index (χ1) is 5.52. The molecule has 3 heteroatoms. The van der Waals surface area contributed by atoms with Crippen molar-refractivity contribution in [2.75, 3.05) is 20.1 Å². The lowest BCUT2D eigenvalue weighted by Crippen LogP contribution is -2.46. The van der Waals surface area contributed by atoms with Crippen molar-refractivity contribution in [3.8, 4) is 0 Å². The fourth-order valence-corrected chi connectivity index (χ4v) is 1.71. The van der Waals surface area contributed by atoms with E-state index in [1.165, 1.54) is 6.92 Å². The maximum absolute atomic E-state index is 11.5. The highest BCUT2D eigenvalue weighted by Gasteiger charge is 2.33. The van der Waals surface area contributed by atoms with Crippen LogP contribution in [0.3, 0.4) is 0 Å². The smallest absolute Gasteiger partial charge is 0.148 e. The van der Waals surface area contributed by atoms with E-state index in [1.807, 2.05) is 18.9 Å². The Morgan fingerprint density at radius 2 is 2.08 bits per heavy atom. The van der Waals surface area contributed by atoms with Crippen LogP contribution in [0.5, 0.6) is 0 Å². The van der Waals surface area contributed by atoms with Crippen LogP contribution in [0.25, 0.3) is 0 Å². The number of carbonyl (C=O) groups excluding carboxylic acids is 2. The second kappa shape index (κ2) is 3.35. The largest absolute Gasteiger partial charge is 0.304 e. The van der Waals surface area contributed by atoms with Crippen LogP contribution in [-0.4, -0.2) is 36.6 Å². The molecule has 1 aliphatic rings. The molecule has 12 heavy (non-hydrogen) atoms. The molecule has 0 aromatic heterocycles. The Hall–Kier alpha value is -0.700. The van der Waals surface area contributed by atoms with E-state index < -0.39 is 0 Å². The third-order valence-electron chi connectivity index (χ3n) is 2.40. The molecule has 0 N–H and O–H groups in total. The average Bonchev–Trinajstić information content (AvgIpc) is 1.96. The van der Waals surface area contributed by atoms with E-state index in [1.54, 1.807) is 0 Å². The summed E-state index contributed by atoms with van der Waals surface area (Å²) in [5.41, 5.74) is 0. The van der Waals surface area contributed by atoms with Crippen molar-refractivity contribution in [3.05, 3.63) is 0 Å². The summed E-state index contributed by atoms with van der Waals surface area (Å²) >= 11 is 0. The predicted octanol–water partition coefficient (Wildman–Crippen LogP) is 0.342. The van der Waals surface area contributed by atoms with Crippen molar-refractivity contribution in [3.63, 3.8) is 0 Å². The van der Waals surface area contributed by atoms with Gasteiger partial charge < -0.3 is 4.90 Å². The summed E-state index contributed by atoms with van der Waals surface area (Å²) < 4.78 is 0. The Bertz CT molecular complexity index is 213. The third kappa shape index (κ3) is 1.72. The zero-order valence-corrected chi connectivity index (χ0v) is 7.83. The van der Waals surface area contributed by atoms with Crippen LogP contribution in [0.1, 0.15) is 13.8 Å². The normalized spacial score (nSPS) is 32.1. The summed E-state index contributed by atoms with van der Waals surface area (Å²) in [5, 5.41) is 0. The standard InChI is InChI=1S/C9H15NO2/c1-6-4-10(3)5-8(7(2)11)9(6)12/h6,8H,4-5H2,1-3H3. The lowest BCUT2D eigenvalue weighted by Gasteiger charge is -2.31. The molecule has 0 aliphatic carbocycles. The van der Waals surface area contributed by atoms with E-state index in [-0.39, 0.29) is 23.4 Å². The summed E-state index contributed by atoms with van der Waals surface area (Å²) in [6, 6.07) is 0. The zero-order chi connectivity index (χ0) is 9.30. The van der Waals surface area contributed by atoms with Gasteiger partial charge in [0.05, 0.1) is 5.92 Å². The van der Waals surface area contributed by atoms with Gasteiger partial charge in [-0.2, -0.15) is 0 Å². The number of piperidine rings is 1. The zero-order valence-electron chi connectivity index (χ0n) is 7.83. The van der Waals surface area contributed by atoms with Gasteiger partial charge >= 0.3 is 0 Å². The minimum atomic E-state index is -0.376. The molecule has 3 nitrogen and oxygen atoms in total. The molecule has 0 amide bonds. The van der Waals surface area contributed by atoms with E-state index >= 15 is 0 Å². The number of hydrogen-bond donors (Lipinski definition) is 0. The van der Waals surface area contributed by atoms with Crippen LogP contribution in [0.15, 0.2) is 0 Å². The first-order valence-electron chi connectivity index (χ1n) is 4.25. The number of likely N-dealkylation sites (tertiary alicyclic amines) is 1. The molecule has 0 spiro atoms. The maximum Gasteiger partial charge on any atom is 0.148 e. The molecule has 1 rings (SSSR count). The van der Waals surface area contributed by atoms with Crippen LogP contribution in [0.4, 0.5) is 0 Å². The van der Waals surface area contributed by atoms with Crippen LogP contribution in [0.2, 0.25) is 0 Å². The molecule has 1 saturated heterocycles. The fourth-order valence-electron chi connectivity index (χ4n) is 1.71. The number of rotatable bonds is 1. The van der Waals surface area contributed by atoms with E-state index in [4.69, 9.17) is 0 Å². The first kappa shape index (κ1) is 9.39. The summed E-state index contributed by atoms with van der Waals surface area (Å²) in [6.45, 7) is 4.75. The Morgan fingerprint density at radius 1 is 1.50 bits per heavy atom. The van der Waals surface area contributed by atoms with Gasteiger partial charge in [-0.15, -0.1) is 0 Å². The number of carbonyl (C=O) groups is 2. The molecule has 1 heterocycles. The number of hydrogen-bond acceptors (Lipinski definition) is 3. The van der Waals surface area contributed by atoms with Crippen LogP contribution < -0.4 is 0 Å². The van der Waals surface area contributed by atoms with E-state index in [9.17, 15) is 9.59 Å². The monoisotopic (exact) mass is 169 g/mol. The molecule has 0 bridgehead atoms. The van der Waals surface area contributed by atoms with Gasteiger partial charge in [0.2, 0.25) is 0 Å². The van der Waals surface area contributed by atoms with Gasteiger partial charge in [-0.1, -0.05) is 6.92 Å². The lowest BCUT2D eigenvalue weighted by atomic mass is 9.87. The molecule has 1 fully saturated rings. The van der Waals surface area contributed by atoms with Gasteiger partial charge in [0.1, 0.15) is 11.6 Å². The SMILES string of the molecule is CC(=O)C1CN(C)CC(C)C1=O. The number of Topliss-reactive ketones (excluding diaryl/α,β-unsaturated/α-hetero) is 2. The Kier molecular flexibility index (Phi) is 2.62. The Labute approximate surface area is 72.7 Å². The Morgan fingerprint density at radius 3 is 2.58 bits per heavy atom. The molecular formula is C9H15NO2. The molecule has 0 saturated carbocycles. The summed E-state index contributed by atoms with van der Waals surface area (Å²) in [4.78, 5) is 24.6. The minimum Gasteiger partial charge on any atom is -0.304 e. The van der Waals surface area contributed by atoms with Crippen molar-refractivity contribution in [2.24, 2.45) is 11.8 Å². The van der Waals surface area contributed by atoms with Gasteiger partial charge in [0, 0.05) is 19.0 Å². The summed E-state index contributed by atoms with van der Waals surface area (Å²) in [6.07, 6.45) is 0. The van der Waals surface area contributed by atoms with Gasteiger partial charge in [0.15, 0.2) is 0 Å². The van der Waals surface area contributed by atoms with Crippen LogP contribution >= 0.6 is 0 Å². The highest BCUT2D eigenvalue weighted by molar-refractivity contribution is 6.03. The second-order valence-electron chi connectivity index (χ2n) is 3.69. The quantitative estimate of drug-likeness (QED) is 0.531. The van der Waals surface area contributed by atoms with Gasteiger partial charge in [0.25, 0.3) is 0 Å². The van der Waals surface area contributed by atoms with E-state index in [2.05, 4.69) is 0 Å². The highest BCUT2D eigenvalue weighted by atomic mass is 16.2. The lowest BCUT2D eigenvalue weighted by molar-refractivity contribution is -0.137.